The highest BCUT2D eigenvalue weighted by molar-refractivity contribution is 9.10. The molecule has 0 radical (unpaired) electrons. The Kier molecular flexibility index (Phi) is 4.55. The quantitative estimate of drug-likeness (QED) is 0.849. The fourth-order valence-electron chi connectivity index (χ4n) is 1.01. The van der Waals surface area contributed by atoms with Gasteiger partial charge in [0.05, 0.1) is 22.3 Å². The fraction of sp³-hybridized carbons (Fsp3) is 0. The summed E-state index contributed by atoms with van der Waals surface area (Å²) in [7, 11) is 0. The Morgan fingerprint density at radius 3 is 2.41 bits per heavy atom. The number of nitrogens with zero attached hydrogens (tertiary/aromatic N) is 3. The van der Waals surface area contributed by atoms with Crippen LogP contribution in [0.4, 0.5) is 5.69 Å². The zero-order valence-corrected chi connectivity index (χ0v) is 10.7. The summed E-state index contributed by atoms with van der Waals surface area (Å²) in [4.78, 5) is 0. The summed E-state index contributed by atoms with van der Waals surface area (Å²) in [6.07, 6.45) is 1.25. The molecule has 0 heterocycles. The van der Waals surface area contributed by atoms with Crippen LogP contribution >= 0.6 is 27.5 Å². The van der Waals surface area contributed by atoms with E-state index in [4.69, 9.17) is 27.4 Å². The van der Waals surface area contributed by atoms with Gasteiger partial charge in [0.1, 0.15) is 17.7 Å². The van der Waals surface area contributed by atoms with E-state index in [1.54, 1.807) is 18.2 Å². The molecule has 17 heavy (non-hydrogen) atoms. The topological polar surface area (TPSA) is 83.4 Å². The smallest absolute Gasteiger partial charge is 0.145 e. The molecule has 0 aliphatic rings. The number of rotatable bonds is 2. The van der Waals surface area contributed by atoms with Crippen LogP contribution in [-0.2, 0) is 0 Å². The SMILES string of the molecule is N#CC(C#N)=CNc1c(Cl)cc(C#N)cc1Br. The van der Waals surface area contributed by atoms with Crippen molar-refractivity contribution in [1.29, 1.82) is 15.8 Å². The van der Waals surface area contributed by atoms with Crippen LogP contribution < -0.4 is 5.32 Å². The van der Waals surface area contributed by atoms with Crippen LogP contribution in [0.1, 0.15) is 5.56 Å². The summed E-state index contributed by atoms with van der Waals surface area (Å²) in [5, 5.41) is 28.9. The van der Waals surface area contributed by atoms with Gasteiger partial charge in [-0.1, -0.05) is 11.6 Å². The van der Waals surface area contributed by atoms with Crippen LogP contribution in [0.5, 0.6) is 0 Å². The lowest BCUT2D eigenvalue weighted by Crippen LogP contribution is -1.93. The third-order valence-corrected chi connectivity index (χ3v) is 2.70. The lowest BCUT2D eigenvalue weighted by atomic mass is 10.2. The van der Waals surface area contributed by atoms with Gasteiger partial charge in [-0.15, -0.1) is 0 Å². The van der Waals surface area contributed by atoms with E-state index < -0.39 is 0 Å². The summed E-state index contributed by atoms with van der Waals surface area (Å²) in [6, 6.07) is 8.45. The Hall–Kier alpha value is -2.00. The Labute approximate surface area is 111 Å². The van der Waals surface area contributed by atoms with Gasteiger partial charge in [-0.2, -0.15) is 15.8 Å². The van der Waals surface area contributed by atoms with E-state index in [9.17, 15) is 0 Å². The summed E-state index contributed by atoms with van der Waals surface area (Å²) >= 11 is 9.18. The highest BCUT2D eigenvalue weighted by atomic mass is 79.9. The van der Waals surface area contributed by atoms with Gasteiger partial charge >= 0.3 is 0 Å². The average molecular weight is 308 g/mol. The first-order valence-corrected chi connectivity index (χ1v) is 5.45. The summed E-state index contributed by atoms with van der Waals surface area (Å²) < 4.78 is 0.577. The van der Waals surface area contributed by atoms with Crippen molar-refractivity contribution in [3.63, 3.8) is 0 Å². The molecule has 1 N–H and O–H groups in total. The van der Waals surface area contributed by atoms with Crippen molar-refractivity contribution in [3.05, 3.63) is 39.0 Å². The second kappa shape index (κ2) is 5.92. The standard InChI is InChI=1S/C11H4BrClN4/c12-9-1-7(3-14)2-10(13)11(9)17-6-8(4-15)5-16/h1-2,6,17H. The molecule has 0 fully saturated rings. The number of nitrogens with one attached hydrogen (secondary N) is 1. The number of halogens is 2. The monoisotopic (exact) mass is 306 g/mol. The van der Waals surface area contributed by atoms with Gasteiger partial charge in [-0.25, -0.2) is 0 Å². The molecule has 4 nitrogen and oxygen atoms in total. The number of anilines is 1. The minimum Gasteiger partial charge on any atom is -0.358 e. The van der Waals surface area contributed by atoms with E-state index in [0.29, 0.717) is 20.7 Å². The fourth-order valence-corrected chi connectivity index (χ4v) is 1.97. The van der Waals surface area contributed by atoms with Gasteiger partial charge in [0.2, 0.25) is 0 Å². The predicted octanol–water partition coefficient (Wildman–Crippen LogP) is 3.32. The Bertz CT molecular complexity index is 562. The maximum atomic E-state index is 8.72. The van der Waals surface area contributed by atoms with Crippen molar-refractivity contribution >= 4 is 33.2 Å². The molecule has 1 aromatic carbocycles. The van der Waals surface area contributed by atoms with Crippen molar-refractivity contribution in [3.8, 4) is 18.2 Å². The molecule has 82 valence electrons. The molecule has 0 unspecified atom stereocenters. The van der Waals surface area contributed by atoms with E-state index in [1.807, 2.05) is 6.07 Å². The normalized spacial score (nSPS) is 8.41. The maximum Gasteiger partial charge on any atom is 0.145 e. The van der Waals surface area contributed by atoms with Gasteiger partial charge in [0.15, 0.2) is 0 Å². The van der Waals surface area contributed by atoms with E-state index in [0.717, 1.165) is 0 Å². The van der Waals surface area contributed by atoms with Crippen LogP contribution in [0.3, 0.4) is 0 Å². The largest absolute Gasteiger partial charge is 0.358 e. The van der Waals surface area contributed by atoms with Crippen molar-refractivity contribution in [2.24, 2.45) is 0 Å². The van der Waals surface area contributed by atoms with Gasteiger partial charge in [-0.05, 0) is 28.1 Å². The van der Waals surface area contributed by atoms with Crippen LogP contribution in [0.25, 0.3) is 0 Å². The number of nitriles is 3. The zero-order valence-electron chi connectivity index (χ0n) is 8.33. The molecule has 0 amide bonds. The first kappa shape index (κ1) is 13.1. The third-order valence-electron chi connectivity index (χ3n) is 1.77. The molecule has 1 aromatic rings. The molecule has 0 atom stereocenters. The van der Waals surface area contributed by atoms with Gasteiger partial charge < -0.3 is 5.32 Å². The predicted molar refractivity (Wildman–Crippen MR) is 66.8 cm³/mol. The molecular weight excluding hydrogens is 304 g/mol. The second-order valence-electron chi connectivity index (χ2n) is 2.85. The molecule has 0 bridgehead atoms. The van der Waals surface area contributed by atoms with Gasteiger partial charge in [0, 0.05) is 10.7 Å². The Morgan fingerprint density at radius 1 is 1.29 bits per heavy atom. The Morgan fingerprint density at radius 2 is 1.94 bits per heavy atom. The zero-order chi connectivity index (χ0) is 12.8. The van der Waals surface area contributed by atoms with E-state index >= 15 is 0 Å². The van der Waals surface area contributed by atoms with Gasteiger partial charge in [-0.3, -0.25) is 0 Å². The highest BCUT2D eigenvalue weighted by Gasteiger charge is 2.07. The van der Waals surface area contributed by atoms with Crippen LogP contribution in [-0.4, -0.2) is 0 Å². The molecule has 0 aliphatic carbocycles. The number of benzene rings is 1. The summed E-state index contributed by atoms with van der Waals surface area (Å²) in [6.45, 7) is 0. The lowest BCUT2D eigenvalue weighted by molar-refractivity contribution is 1.43. The number of hydrogen-bond acceptors (Lipinski definition) is 4. The molecule has 0 saturated heterocycles. The van der Waals surface area contributed by atoms with Crippen molar-refractivity contribution in [2.75, 3.05) is 5.32 Å². The molecule has 0 saturated carbocycles. The molecule has 0 aromatic heterocycles. The molecular formula is C11H4BrClN4. The summed E-state index contributed by atoms with van der Waals surface area (Å²) in [5.74, 6) is 0. The molecule has 1 rings (SSSR count). The summed E-state index contributed by atoms with van der Waals surface area (Å²) in [5.41, 5.74) is 0.836. The third kappa shape index (κ3) is 3.23. The molecule has 0 spiro atoms. The van der Waals surface area contributed by atoms with Gasteiger partial charge in [0.25, 0.3) is 0 Å². The first-order chi connectivity index (χ1) is 8.12. The van der Waals surface area contributed by atoms with Crippen molar-refractivity contribution in [2.45, 2.75) is 0 Å². The van der Waals surface area contributed by atoms with E-state index in [2.05, 4.69) is 21.2 Å². The van der Waals surface area contributed by atoms with Crippen LogP contribution in [0.2, 0.25) is 5.02 Å². The number of allylic oxidation sites excluding steroid dienone is 1. The van der Waals surface area contributed by atoms with Crippen LogP contribution in [0.15, 0.2) is 28.4 Å². The average Bonchev–Trinajstić information content (AvgIpc) is 2.32. The molecule has 0 aliphatic heterocycles. The van der Waals surface area contributed by atoms with E-state index in [-0.39, 0.29) is 5.57 Å². The molecule has 6 heteroatoms. The highest BCUT2D eigenvalue weighted by Crippen LogP contribution is 2.32. The number of hydrogen-bond donors (Lipinski definition) is 1. The van der Waals surface area contributed by atoms with E-state index in [1.165, 1.54) is 12.3 Å². The van der Waals surface area contributed by atoms with Crippen LogP contribution in [0, 0.1) is 34.0 Å². The first-order valence-electron chi connectivity index (χ1n) is 4.28. The lowest BCUT2D eigenvalue weighted by Gasteiger charge is -2.07. The van der Waals surface area contributed by atoms with Crippen molar-refractivity contribution in [1.82, 2.24) is 0 Å². The Balaban J connectivity index is 3.11. The minimum absolute atomic E-state index is 0.0719. The second-order valence-corrected chi connectivity index (χ2v) is 4.11. The minimum atomic E-state index is -0.0719. The van der Waals surface area contributed by atoms with Crippen molar-refractivity contribution < 1.29 is 0 Å². The maximum absolute atomic E-state index is 8.72.